The van der Waals surface area contributed by atoms with Gasteiger partial charge >= 0.3 is 5.97 Å². The van der Waals surface area contributed by atoms with Crippen molar-refractivity contribution in [3.8, 4) is 0 Å². The first-order chi connectivity index (χ1) is 12.4. The number of thiocarbonyl (C=S) groups is 1. The van der Waals surface area contributed by atoms with Crippen LogP contribution in [0, 0.1) is 0 Å². The normalized spacial score (nSPS) is 17.0. The van der Waals surface area contributed by atoms with Crippen LogP contribution in [0.5, 0.6) is 0 Å². The minimum Gasteiger partial charge on any atom is -0.479 e. The molecule has 1 fully saturated rings. The Balaban J connectivity index is 2.01. The zero-order valence-electron chi connectivity index (χ0n) is 13.1. The van der Waals surface area contributed by atoms with E-state index in [1.54, 1.807) is 48.5 Å². The van der Waals surface area contributed by atoms with E-state index in [0.717, 1.165) is 16.7 Å². The van der Waals surface area contributed by atoms with Gasteiger partial charge in [0.05, 0.1) is 4.91 Å². The Morgan fingerprint density at radius 3 is 2.31 bits per heavy atom. The van der Waals surface area contributed by atoms with E-state index in [0.29, 0.717) is 21.2 Å². The molecule has 4 nitrogen and oxygen atoms in total. The van der Waals surface area contributed by atoms with Gasteiger partial charge in [-0.1, -0.05) is 83.6 Å². The number of nitrogens with zero attached hydrogens (tertiary/aromatic N) is 1. The highest BCUT2D eigenvalue weighted by molar-refractivity contribution is 8.26. The summed E-state index contributed by atoms with van der Waals surface area (Å²) in [5.41, 5.74) is 0.955. The number of aliphatic carboxylic acids is 1. The van der Waals surface area contributed by atoms with Crippen LogP contribution < -0.4 is 0 Å². The smallest absolute Gasteiger partial charge is 0.331 e. The molecule has 1 aliphatic rings. The standard InChI is InChI=1S/C18H11Cl2NO3S2/c19-12-7-4-8-13(20)11(12)9-14-16(22)21(18(25)26-14)15(17(23)24)10-5-2-1-3-6-10/h1-9,15H,(H,23,24)/b14-9-/t15-/m1/s1. The first-order valence-electron chi connectivity index (χ1n) is 7.39. The second-order valence-electron chi connectivity index (χ2n) is 5.34. The van der Waals surface area contributed by atoms with E-state index in [1.807, 2.05) is 0 Å². The van der Waals surface area contributed by atoms with Crippen LogP contribution in [-0.4, -0.2) is 26.2 Å². The molecule has 1 aliphatic heterocycles. The van der Waals surface area contributed by atoms with Crippen molar-refractivity contribution < 1.29 is 14.7 Å². The molecule has 2 aromatic rings. The highest BCUT2D eigenvalue weighted by Gasteiger charge is 2.41. The van der Waals surface area contributed by atoms with Crippen molar-refractivity contribution in [2.45, 2.75) is 6.04 Å². The summed E-state index contributed by atoms with van der Waals surface area (Å²) in [6.07, 6.45) is 1.54. The van der Waals surface area contributed by atoms with Gasteiger partial charge in [-0.25, -0.2) is 4.79 Å². The first kappa shape index (κ1) is 18.9. The number of thioether (sulfide) groups is 1. The maximum absolute atomic E-state index is 12.9. The number of rotatable bonds is 4. The topological polar surface area (TPSA) is 57.6 Å². The number of hydrogen-bond acceptors (Lipinski definition) is 4. The zero-order chi connectivity index (χ0) is 18.8. The molecule has 1 saturated heterocycles. The second-order valence-corrected chi connectivity index (χ2v) is 7.83. The summed E-state index contributed by atoms with van der Waals surface area (Å²) in [5.74, 6) is -1.66. The van der Waals surface area contributed by atoms with Gasteiger partial charge in [-0.3, -0.25) is 9.69 Å². The number of halogens is 2. The van der Waals surface area contributed by atoms with Crippen LogP contribution in [0.25, 0.3) is 6.08 Å². The molecule has 2 aromatic carbocycles. The summed E-state index contributed by atoms with van der Waals surface area (Å²) in [7, 11) is 0. The number of amides is 1. The van der Waals surface area contributed by atoms with E-state index < -0.39 is 17.9 Å². The van der Waals surface area contributed by atoms with E-state index in [1.165, 1.54) is 6.08 Å². The van der Waals surface area contributed by atoms with E-state index >= 15 is 0 Å². The van der Waals surface area contributed by atoms with E-state index in [9.17, 15) is 14.7 Å². The third kappa shape index (κ3) is 3.64. The summed E-state index contributed by atoms with van der Waals surface area (Å²) in [6, 6.07) is 12.3. The number of hydrogen-bond donors (Lipinski definition) is 1. The van der Waals surface area contributed by atoms with Gasteiger partial charge in [0.25, 0.3) is 5.91 Å². The molecule has 1 amide bonds. The average Bonchev–Trinajstić information content (AvgIpc) is 2.87. The fourth-order valence-corrected chi connectivity index (χ4v) is 4.32. The van der Waals surface area contributed by atoms with Gasteiger partial charge in [0.1, 0.15) is 4.32 Å². The molecule has 1 heterocycles. The van der Waals surface area contributed by atoms with Gasteiger partial charge < -0.3 is 5.11 Å². The Morgan fingerprint density at radius 2 is 1.73 bits per heavy atom. The minimum absolute atomic E-state index is 0.167. The summed E-state index contributed by atoms with van der Waals surface area (Å²) < 4.78 is 0.167. The van der Waals surface area contributed by atoms with Gasteiger partial charge in [0.15, 0.2) is 6.04 Å². The molecular formula is C18H11Cl2NO3S2. The van der Waals surface area contributed by atoms with Crippen LogP contribution >= 0.6 is 47.2 Å². The third-order valence-corrected chi connectivity index (χ3v) is 5.70. The summed E-state index contributed by atoms with van der Waals surface area (Å²) in [5, 5.41) is 10.4. The molecule has 0 aromatic heterocycles. The Bertz CT molecular complexity index is 911. The third-order valence-electron chi connectivity index (χ3n) is 3.71. The molecule has 1 atom stereocenters. The lowest BCUT2D eigenvalue weighted by Crippen LogP contribution is -2.37. The fourth-order valence-electron chi connectivity index (χ4n) is 2.52. The van der Waals surface area contributed by atoms with E-state index in [-0.39, 0.29) is 9.23 Å². The van der Waals surface area contributed by atoms with Crippen LogP contribution in [0.1, 0.15) is 17.2 Å². The van der Waals surface area contributed by atoms with Crippen molar-refractivity contribution >= 4 is 69.5 Å². The first-order valence-corrected chi connectivity index (χ1v) is 9.37. The number of benzene rings is 2. The summed E-state index contributed by atoms with van der Waals surface area (Å²) >= 11 is 18.6. The van der Waals surface area contributed by atoms with Gasteiger partial charge in [-0.15, -0.1) is 0 Å². The largest absolute Gasteiger partial charge is 0.479 e. The molecule has 0 unspecified atom stereocenters. The molecule has 8 heteroatoms. The molecule has 3 rings (SSSR count). The quantitative estimate of drug-likeness (QED) is 0.552. The molecule has 0 bridgehead atoms. The Labute approximate surface area is 169 Å². The van der Waals surface area contributed by atoms with Crippen LogP contribution in [0.2, 0.25) is 10.0 Å². The Morgan fingerprint density at radius 1 is 1.12 bits per heavy atom. The van der Waals surface area contributed by atoms with Gasteiger partial charge in [0.2, 0.25) is 0 Å². The molecule has 1 N–H and O–H groups in total. The zero-order valence-corrected chi connectivity index (χ0v) is 16.2. The minimum atomic E-state index is -1.20. The predicted molar refractivity (Wildman–Crippen MR) is 108 cm³/mol. The molecule has 0 radical (unpaired) electrons. The lowest BCUT2D eigenvalue weighted by atomic mass is 10.1. The van der Waals surface area contributed by atoms with E-state index in [4.69, 9.17) is 35.4 Å². The van der Waals surface area contributed by atoms with Crippen LogP contribution in [0.3, 0.4) is 0 Å². The van der Waals surface area contributed by atoms with Crippen molar-refractivity contribution in [1.29, 1.82) is 0 Å². The molecule has 26 heavy (non-hydrogen) atoms. The Hall–Kier alpha value is -1.86. The Kier molecular flexibility index (Phi) is 5.67. The SMILES string of the molecule is O=C(O)[C@@H](c1ccccc1)N1C(=O)/C(=C/c2c(Cl)cccc2Cl)SC1=S. The highest BCUT2D eigenvalue weighted by atomic mass is 35.5. The maximum Gasteiger partial charge on any atom is 0.331 e. The summed E-state index contributed by atoms with van der Waals surface area (Å²) in [6.45, 7) is 0. The summed E-state index contributed by atoms with van der Waals surface area (Å²) in [4.78, 5) is 26.1. The monoisotopic (exact) mass is 423 g/mol. The van der Waals surface area contributed by atoms with Crippen molar-refractivity contribution in [2.24, 2.45) is 0 Å². The van der Waals surface area contributed by atoms with Crippen LogP contribution in [-0.2, 0) is 9.59 Å². The number of carboxylic acids is 1. The molecular weight excluding hydrogens is 413 g/mol. The lowest BCUT2D eigenvalue weighted by Gasteiger charge is -2.23. The number of carbonyl (C=O) groups excluding carboxylic acids is 1. The molecule has 0 aliphatic carbocycles. The van der Waals surface area contributed by atoms with Crippen LogP contribution in [0.15, 0.2) is 53.4 Å². The average molecular weight is 424 g/mol. The number of carbonyl (C=O) groups is 2. The maximum atomic E-state index is 12.9. The van der Waals surface area contributed by atoms with Crippen LogP contribution in [0.4, 0.5) is 0 Å². The van der Waals surface area contributed by atoms with Crippen molar-refractivity contribution in [3.05, 3.63) is 74.6 Å². The number of carboxylic acid groups (broad SMARTS) is 1. The molecule has 132 valence electrons. The lowest BCUT2D eigenvalue weighted by molar-refractivity contribution is -0.145. The van der Waals surface area contributed by atoms with Gasteiger partial charge in [-0.2, -0.15) is 0 Å². The molecule has 0 spiro atoms. The van der Waals surface area contributed by atoms with Crippen molar-refractivity contribution in [3.63, 3.8) is 0 Å². The predicted octanol–water partition coefficient (Wildman–Crippen LogP) is 5.02. The van der Waals surface area contributed by atoms with E-state index in [2.05, 4.69) is 0 Å². The van der Waals surface area contributed by atoms with Crippen molar-refractivity contribution in [2.75, 3.05) is 0 Å². The fraction of sp³-hybridized carbons (Fsp3) is 0.0556. The van der Waals surface area contributed by atoms with Crippen molar-refractivity contribution in [1.82, 2.24) is 4.90 Å². The molecule has 0 saturated carbocycles. The van der Waals surface area contributed by atoms with Gasteiger partial charge in [-0.05, 0) is 23.8 Å². The highest BCUT2D eigenvalue weighted by Crippen LogP contribution is 2.39. The van der Waals surface area contributed by atoms with Gasteiger partial charge in [0, 0.05) is 15.6 Å². The second kappa shape index (κ2) is 7.80.